The minimum absolute atomic E-state index is 0.100. The van der Waals surface area contributed by atoms with Crippen molar-refractivity contribution in [1.29, 1.82) is 0 Å². The molecule has 4 rings (SSSR count). The minimum Gasteiger partial charge on any atom is -0.353 e. The lowest BCUT2D eigenvalue weighted by Crippen LogP contribution is -2.47. The van der Waals surface area contributed by atoms with E-state index in [4.69, 9.17) is 0 Å². The first-order valence-electron chi connectivity index (χ1n) is 8.72. The van der Waals surface area contributed by atoms with E-state index in [0.717, 1.165) is 5.56 Å². The molecule has 7 nitrogen and oxygen atoms in total. The highest BCUT2D eigenvalue weighted by Gasteiger charge is 2.23. The van der Waals surface area contributed by atoms with Crippen LogP contribution in [0.4, 0.5) is 16.0 Å². The molecule has 0 aliphatic carbocycles. The lowest BCUT2D eigenvalue weighted by molar-refractivity contribution is 0.583. The molecule has 0 atom stereocenters. The Kier molecular flexibility index (Phi) is 4.53. The Morgan fingerprint density at radius 2 is 1.67 bits per heavy atom. The number of anilines is 2. The SMILES string of the molecule is Cn1cnc(N2CCN(c3ncnc(-c4ccccc4)c3F)CC2)cc1=O. The van der Waals surface area contributed by atoms with Gasteiger partial charge in [-0.2, -0.15) is 0 Å². The molecule has 1 fully saturated rings. The lowest BCUT2D eigenvalue weighted by Gasteiger charge is -2.36. The van der Waals surface area contributed by atoms with Crippen molar-refractivity contribution < 1.29 is 4.39 Å². The zero-order chi connectivity index (χ0) is 18.8. The highest BCUT2D eigenvalue weighted by molar-refractivity contribution is 5.64. The van der Waals surface area contributed by atoms with Gasteiger partial charge < -0.3 is 14.4 Å². The monoisotopic (exact) mass is 366 g/mol. The average Bonchev–Trinajstić information content (AvgIpc) is 2.71. The van der Waals surface area contributed by atoms with E-state index < -0.39 is 5.82 Å². The van der Waals surface area contributed by atoms with Crippen molar-refractivity contribution in [1.82, 2.24) is 19.5 Å². The number of halogens is 1. The first-order chi connectivity index (χ1) is 13.1. The molecule has 0 saturated carbocycles. The zero-order valence-electron chi connectivity index (χ0n) is 14.9. The summed E-state index contributed by atoms with van der Waals surface area (Å²) < 4.78 is 16.5. The molecule has 0 radical (unpaired) electrons. The fourth-order valence-corrected chi connectivity index (χ4v) is 3.15. The minimum atomic E-state index is -0.413. The van der Waals surface area contributed by atoms with Gasteiger partial charge in [0.25, 0.3) is 5.56 Å². The summed E-state index contributed by atoms with van der Waals surface area (Å²) in [4.78, 5) is 28.3. The molecule has 27 heavy (non-hydrogen) atoms. The number of nitrogens with zero attached hydrogens (tertiary/aromatic N) is 6. The van der Waals surface area contributed by atoms with Crippen LogP contribution in [0.2, 0.25) is 0 Å². The lowest BCUT2D eigenvalue weighted by atomic mass is 10.1. The third-order valence-electron chi connectivity index (χ3n) is 4.68. The van der Waals surface area contributed by atoms with Gasteiger partial charge in [0, 0.05) is 44.9 Å². The number of hydrogen-bond donors (Lipinski definition) is 0. The van der Waals surface area contributed by atoms with Crippen LogP contribution in [0.25, 0.3) is 11.3 Å². The van der Waals surface area contributed by atoms with E-state index in [0.29, 0.717) is 43.5 Å². The molecule has 0 N–H and O–H groups in total. The number of rotatable bonds is 3. The summed E-state index contributed by atoms with van der Waals surface area (Å²) in [6, 6.07) is 10.8. The number of piperazine rings is 1. The summed E-state index contributed by atoms with van der Waals surface area (Å²) in [7, 11) is 1.67. The first-order valence-corrected chi connectivity index (χ1v) is 8.72. The normalized spacial score (nSPS) is 14.4. The Hall–Kier alpha value is -3.29. The molecule has 138 valence electrons. The molecule has 3 heterocycles. The Morgan fingerprint density at radius 3 is 2.37 bits per heavy atom. The molecule has 3 aromatic rings. The predicted molar refractivity (Wildman–Crippen MR) is 101 cm³/mol. The fourth-order valence-electron chi connectivity index (χ4n) is 3.15. The van der Waals surface area contributed by atoms with E-state index in [-0.39, 0.29) is 5.56 Å². The molecule has 0 unspecified atom stereocenters. The average molecular weight is 366 g/mol. The van der Waals surface area contributed by atoms with Crippen LogP contribution in [0.15, 0.2) is 53.8 Å². The van der Waals surface area contributed by atoms with Gasteiger partial charge in [-0.1, -0.05) is 30.3 Å². The summed E-state index contributed by atoms with van der Waals surface area (Å²) in [5.41, 5.74) is 0.926. The van der Waals surface area contributed by atoms with E-state index in [9.17, 15) is 4.79 Å². The van der Waals surface area contributed by atoms with Crippen molar-refractivity contribution in [2.24, 2.45) is 7.05 Å². The smallest absolute Gasteiger partial charge is 0.255 e. The summed E-state index contributed by atoms with van der Waals surface area (Å²) in [5.74, 6) is 0.537. The van der Waals surface area contributed by atoms with Gasteiger partial charge in [-0.3, -0.25) is 4.79 Å². The molecule has 0 amide bonds. The fraction of sp³-hybridized carbons (Fsp3) is 0.263. The van der Waals surface area contributed by atoms with Crippen molar-refractivity contribution in [2.75, 3.05) is 36.0 Å². The van der Waals surface area contributed by atoms with Crippen molar-refractivity contribution in [2.45, 2.75) is 0 Å². The van der Waals surface area contributed by atoms with E-state index in [2.05, 4.69) is 15.0 Å². The second-order valence-corrected chi connectivity index (χ2v) is 6.40. The van der Waals surface area contributed by atoms with Crippen LogP contribution in [-0.4, -0.2) is 45.7 Å². The van der Waals surface area contributed by atoms with Crippen LogP contribution in [0, 0.1) is 5.82 Å². The Balaban J connectivity index is 1.53. The maximum atomic E-state index is 15.0. The third kappa shape index (κ3) is 3.38. The van der Waals surface area contributed by atoms with Gasteiger partial charge in [0.05, 0.1) is 6.33 Å². The van der Waals surface area contributed by atoms with Crippen LogP contribution in [0.1, 0.15) is 0 Å². The predicted octanol–water partition coefficient (Wildman–Crippen LogP) is 1.70. The maximum absolute atomic E-state index is 15.0. The summed E-state index contributed by atoms with van der Waals surface area (Å²) in [5, 5.41) is 0. The summed E-state index contributed by atoms with van der Waals surface area (Å²) in [6.07, 6.45) is 2.91. The van der Waals surface area contributed by atoms with Crippen LogP contribution >= 0.6 is 0 Å². The molecule has 0 bridgehead atoms. The van der Waals surface area contributed by atoms with Gasteiger partial charge >= 0.3 is 0 Å². The van der Waals surface area contributed by atoms with Crippen LogP contribution < -0.4 is 15.4 Å². The topological polar surface area (TPSA) is 67.2 Å². The Labute approximate surface area is 155 Å². The highest BCUT2D eigenvalue weighted by Crippen LogP contribution is 2.26. The van der Waals surface area contributed by atoms with E-state index in [1.807, 2.05) is 40.1 Å². The molecule has 1 aliphatic rings. The van der Waals surface area contributed by atoms with Gasteiger partial charge in [0.2, 0.25) is 0 Å². The van der Waals surface area contributed by atoms with Gasteiger partial charge in [-0.15, -0.1) is 0 Å². The third-order valence-corrected chi connectivity index (χ3v) is 4.68. The van der Waals surface area contributed by atoms with Crippen LogP contribution in [-0.2, 0) is 7.05 Å². The molecular formula is C19H19FN6O. The maximum Gasteiger partial charge on any atom is 0.255 e. The van der Waals surface area contributed by atoms with Gasteiger partial charge in [-0.05, 0) is 0 Å². The van der Waals surface area contributed by atoms with Crippen molar-refractivity contribution in [3.8, 4) is 11.3 Å². The zero-order valence-corrected chi connectivity index (χ0v) is 14.9. The Morgan fingerprint density at radius 1 is 0.963 bits per heavy atom. The quantitative estimate of drug-likeness (QED) is 0.703. The number of aryl methyl sites for hydroxylation is 1. The number of aromatic nitrogens is 4. The number of benzene rings is 1. The second kappa shape index (κ2) is 7.14. The molecule has 0 spiro atoms. The van der Waals surface area contributed by atoms with Gasteiger partial charge in [0.15, 0.2) is 11.6 Å². The second-order valence-electron chi connectivity index (χ2n) is 6.40. The molecular weight excluding hydrogens is 347 g/mol. The van der Waals surface area contributed by atoms with Crippen molar-refractivity contribution in [3.05, 3.63) is 65.2 Å². The first kappa shape index (κ1) is 17.1. The standard InChI is InChI=1S/C19H19FN6O/c1-24-13-23-15(11-16(24)27)25-7-9-26(10-8-25)19-17(20)18(21-12-22-19)14-5-3-2-4-6-14/h2-6,11-13H,7-10H2,1H3. The van der Waals surface area contributed by atoms with Gasteiger partial charge in [0.1, 0.15) is 17.8 Å². The van der Waals surface area contributed by atoms with Crippen molar-refractivity contribution >= 4 is 11.6 Å². The van der Waals surface area contributed by atoms with E-state index in [1.54, 1.807) is 7.05 Å². The molecule has 1 saturated heterocycles. The summed E-state index contributed by atoms with van der Waals surface area (Å²) in [6.45, 7) is 2.42. The molecule has 1 aliphatic heterocycles. The molecule has 8 heteroatoms. The van der Waals surface area contributed by atoms with Crippen LogP contribution in [0.5, 0.6) is 0 Å². The van der Waals surface area contributed by atoms with E-state index >= 15 is 4.39 Å². The van der Waals surface area contributed by atoms with Crippen molar-refractivity contribution in [3.63, 3.8) is 0 Å². The van der Waals surface area contributed by atoms with Gasteiger partial charge in [-0.25, -0.2) is 19.3 Å². The molecule has 2 aromatic heterocycles. The Bertz CT molecular complexity index is 999. The van der Waals surface area contributed by atoms with E-state index in [1.165, 1.54) is 23.3 Å². The molecule has 1 aromatic carbocycles. The summed E-state index contributed by atoms with van der Waals surface area (Å²) >= 11 is 0. The number of hydrogen-bond acceptors (Lipinski definition) is 6. The van der Waals surface area contributed by atoms with Crippen LogP contribution in [0.3, 0.4) is 0 Å². The highest BCUT2D eigenvalue weighted by atomic mass is 19.1. The largest absolute Gasteiger partial charge is 0.353 e.